The van der Waals surface area contributed by atoms with E-state index in [1.165, 1.54) is 6.07 Å². The number of hydrogen-bond donors (Lipinski definition) is 3. The minimum Gasteiger partial charge on any atom is -0.390 e. The van der Waals surface area contributed by atoms with Crippen molar-refractivity contribution in [2.45, 2.75) is 38.0 Å². The molecule has 3 aromatic carbocycles. The zero-order valence-electron chi connectivity index (χ0n) is 15.5. The lowest BCUT2D eigenvalue weighted by molar-refractivity contribution is 0.0297. The van der Waals surface area contributed by atoms with Crippen molar-refractivity contribution in [2.75, 3.05) is 0 Å². The number of rotatable bonds is 3. The third-order valence-electron chi connectivity index (χ3n) is 5.48. The molecule has 4 nitrogen and oxygen atoms in total. The quantitative estimate of drug-likeness (QED) is 0.652. The van der Waals surface area contributed by atoms with Crippen molar-refractivity contribution in [2.24, 2.45) is 0 Å². The lowest BCUT2D eigenvalue weighted by Crippen LogP contribution is -2.43. The number of aryl methyl sites for hydroxylation is 1. The Hall–Kier alpha value is -2.76. The molecule has 3 N–H and O–H groups in total. The Morgan fingerprint density at radius 1 is 1.00 bits per heavy atom. The Morgan fingerprint density at radius 3 is 2.46 bits per heavy atom. The fourth-order valence-corrected chi connectivity index (χ4v) is 3.95. The van der Waals surface area contributed by atoms with Crippen molar-refractivity contribution in [3.8, 4) is 11.1 Å². The summed E-state index contributed by atoms with van der Waals surface area (Å²) < 4.78 is 14.5. The maximum Gasteiger partial charge on any atom is 0.252 e. The maximum absolute atomic E-state index is 14.5. The van der Waals surface area contributed by atoms with Gasteiger partial charge in [0.05, 0.1) is 12.1 Å². The number of aliphatic hydroxyl groups is 2. The van der Waals surface area contributed by atoms with E-state index in [1.807, 2.05) is 37.3 Å². The van der Waals surface area contributed by atoms with Gasteiger partial charge in [0.1, 0.15) is 11.9 Å². The molecule has 1 aliphatic carbocycles. The molecule has 28 heavy (non-hydrogen) atoms. The second-order valence-electron chi connectivity index (χ2n) is 7.40. The highest BCUT2D eigenvalue weighted by Gasteiger charge is 2.34. The number of nitrogens with one attached hydrogen (secondary N) is 1. The fraction of sp³-hybridized carbons (Fsp3) is 0.261. The van der Waals surface area contributed by atoms with Gasteiger partial charge in [0.15, 0.2) is 0 Å². The normalized spacial score (nSPS) is 21.8. The van der Waals surface area contributed by atoms with E-state index in [0.717, 1.165) is 16.5 Å². The molecule has 1 amide bonds. The topological polar surface area (TPSA) is 69.6 Å². The van der Waals surface area contributed by atoms with E-state index in [9.17, 15) is 19.4 Å². The smallest absolute Gasteiger partial charge is 0.252 e. The minimum atomic E-state index is -0.962. The zero-order chi connectivity index (χ0) is 19.8. The molecule has 0 aromatic heterocycles. The molecular weight excluding hydrogens is 357 g/mol. The van der Waals surface area contributed by atoms with Crippen LogP contribution in [0.1, 0.15) is 28.8 Å². The van der Waals surface area contributed by atoms with Crippen LogP contribution in [0, 0.1) is 12.7 Å². The molecule has 3 aromatic rings. The van der Waals surface area contributed by atoms with Crippen molar-refractivity contribution < 1.29 is 19.4 Å². The molecule has 1 aliphatic rings. The van der Waals surface area contributed by atoms with Gasteiger partial charge < -0.3 is 15.5 Å². The van der Waals surface area contributed by atoms with Crippen LogP contribution < -0.4 is 5.32 Å². The Labute approximate surface area is 162 Å². The van der Waals surface area contributed by atoms with Crippen molar-refractivity contribution in [3.05, 3.63) is 71.5 Å². The van der Waals surface area contributed by atoms with Crippen LogP contribution in [0.4, 0.5) is 4.39 Å². The van der Waals surface area contributed by atoms with E-state index in [2.05, 4.69) is 5.32 Å². The summed E-state index contributed by atoms with van der Waals surface area (Å²) in [6.07, 6.45) is -0.790. The number of fused-ring (bicyclic) bond motifs is 1. The van der Waals surface area contributed by atoms with Crippen molar-refractivity contribution in [3.63, 3.8) is 0 Å². The summed E-state index contributed by atoms with van der Waals surface area (Å²) in [6.45, 7) is 1.84. The zero-order valence-corrected chi connectivity index (χ0v) is 15.5. The first-order valence-corrected chi connectivity index (χ1v) is 9.41. The second-order valence-corrected chi connectivity index (χ2v) is 7.40. The average molecular weight is 379 g/mol. The predicted octanol–water partition coefficient (Wildman–Crippen LogP) is 3.57. The van der Waals surface area contributed by atoms with Gasteiger partial charge in [-0.25, -0.2) is 4.39 Å². The minimum absolute atomic E-state index is 0.301. The fourth-order valence-electron chi connectivity index (χ4n) is 3.95. The van der Waals surface area contributed by atoms with E-state index in [0.29, 0.717) is 29.4 Å². The van der Waals surface area contributed by atoms with E-state index in [4.69, 9.17) is 0 Å². The summed E-state index contributed by atoms with van der Waals surface area (Å²) in [4.78, 5) is 12.8. The molecule has 3 atom stereocenters. The highest BCUT2D eigenvalue weighted by molar-refractivity contribution is 6.10. The van der Waals surface area contributed by atoms with Crippen LogP contribution in [0.2, 0.25) is 0 Å². The van der Waals surface area contributed by atoms with E-state index in [1.54, 1.807) is 18.2 Å². The summed E-state index contributed by atoms with van der Waals surface area (Å²) in [5.41, 5.74) is 2.52. The molecule has 1 fully saturated rings. The lowest BCUT2D eigenvalue weighted by Gasteiger charge is -2.19. The monoisotopic (exact) mass is 379 g/mol. The van der Waals surface area contributed by atoms with Gasteiger partial charge >= 0.3 is 0 Å². The molecule has 1 saturated carbocycles. The number of carbonyl (C=O) groups excluding carboxylic acids is 1. The van der Waals surface area contributed by atoms with Gasteiger partial charge in [-0.1, -0.05) is 42.5 Å². The standard InChI is InChI=1S/C23H22FNO3/c1-13-8-9-17(19(24)12-13)15-5-2-6-16-14(15)4-3-7-18(16)23(28)25-20-10-11-21(26)22(20)27/h2-9,12,20-22,26-27H,10-11H2,1H3,(H,25,28)/t20-,21-,22+/m1/s1. The van der Waals surface area contributed by atoms with Crippen molar-refractivity contribution >= 4 is 16.7 Å². The van der Waals surface area contributed by atoms with E-state index < -0.39 is 18.2 Å². The van der Waals surface area contributed by atoms with Gasteiger partial charge in [-0.2, -0.15) is 0 Å². The average Bonchev–Trinajstić information content (AvgIpc) is 2.99. The predicted molar refractivity (Wildman–Crippen MR) is 107 cm³/mol. The van der Waals surface area contributed by atoms with Crippen LogP contribution in [0.3, 0.4) is 0 Å². The van der Waals surface area contributed by atoms with Crippen molar-refractivity contribution in [1.82, 2.24) is 5.32 Å². The van der Waals surface area contributed by atoms with Crippen LogP contribution in [0.25, 0.3) is 21.9 Å². The first-order chi connectivity index (χ1) is 13.5. The Kier molecular flexibility index (Phi) is 4.87. The summed E-state index contributed by atoms with van der Waals surface area (Å²) in [6, 6.07) is 15.5. The van der Waals surface area contributed by atoms with Gasteiger partial charge in [-0.15, -0.1) is 0 Å². The summed E-state index contributed by atoms with van der Waals surface area (Å²) in [5, 5.41) is 24.0. The molecule has 0 unspecified atom stereocenters. The van der Waals surface area contributed by atoms with Gasteiger partial charge in [0, 0.05) is 11.1 Å². The van der Waals surface area contributed by atoms with Crippen molar-refractivity contribution in [1.29, 1.82) is 0 Å². The Bertz CT molecular complexity index is 1050. The van der Waals surface area contributed by atoms with Crippen LogP contribution in [0.5, 0.6) is 0 Å². The molecule has 0 saturated heterocycles. The number of halogens is 1. The molecule has 0 radical (unpaired) electrons. The number of hydrogen-bond acceptors (Lipinski definition) is 3. The van der Waals surface area contributed by atoms with Crippen LogP contribution >= 0.6 is 0 Å². The second kappa shape index (κ2) is 7.34. The summed E-state index contributed by atoms with van der Waals surface area (Å²) in [5.74, 6) is -0.615. The third-order valence-corrected chi connectivity index (χ3v) is 5.48. The Morgan fingerprint density at radius 2 is 1.75 bits per heavy atom. The van der Waals surface area contributed by atoms with Crippen LogP contribution in [-0.2, 0) is 0 Å². The highest BCUT2D eigenvalue weighted by Crippen LogP contribution is 2.32. The molecule has 5 heteroatoms. The molecular formula is C23H22FNO3. The van der Waals surface area contributed by atoms with Gasteiger partial charge in [0.25, 0.3) is 5.91 Å². The van der Waals surface area contributed by atoms with Crippen LogP contribution in [-0.4, -0.2) is 34.4 Å². The van der Waals surface area contributed by atoms with Crippen LogP contribution in [0.15, 0.2) is 54.6 Å². The molecule has 144 valence electrons. The molecule has 0 bridgehead atoms. The van der Waals surface area contributed by atoms with E-state index >= 15 is 0 Å². The maximum atomic E-state index is 14.5. The first-order valence-electron chi connectivity index (χ1n) is 9.41. The molecule has 0 aliphatic heterocycles. The number of benzene rings is 3. The number of amides is 1. The van der Waals surface area contributed by atoms with E-state index in [-0.39, 0.29) is 11.7 Å². The van der Waals surface area contributed by atoms with Gasteiger partial charge in [0.2, 0.25) is 0 Å². The highest BCUT2D eigenvalue weighted by atomic mass is 19.1. The summed E-state index contributed by atoms with van der Waals surface area (Å²) >= 11 is 0. The molecule has 0 spiro atoms. The molecule has 4 rings (SSSR count). The first kappa shape index (κ1) is 18.6. The third kappa shape index (κ3) is 3.28. The van der Waals surface area contributed by atoms with Gasteiger partial charge in [-0.3, -0.25) is 4.79 Å². The number of aliphatic hydroxyl groups excluding tert-OH is 2. The summed E-state index contributed by atoms with van der Waals surface area (Å²) in [7, 11) is 0. The Balaban J connectivity index is 1.74. The number of carbonyl (C=O) groups is 1. The lowest BCUT2D eigenvalue weighted by atomic mass is 9.94. The SMILES string of the molecule is Cc1ccc(-c2cccc3c(C(=O)N[C@@H]4CC[C@@H](O)[C@H]4O)cccc23)c(F)c1. The largest absolute Gasteiger partial charge is 0.390 e. The van der Waals surface area contributed by atoms with Gasteiger partial charge in [-0.05, 0) is 53.8 Å². The molecule has 0 heterocycles.